The van der Waals surface area contributed by atoms with Gasteiger partial charge in [0.1, 0.15) is 5.75 Å². The highest BCUT2D eigenvalue weighted by Gasteiger charge is 2.28. The fraction of sp³-hybridized carbons (Fsp3) is 0.625. The average Bonchev–Trinajstić information content (AvgIpc) is 2.41. The van der Waals surface area contributed by atoms with Crippen molar-refractivity contribution in [2.75, 3.05) is 7.11 Å². The monoisotopic (exact) mass is 325 g/mol. The van der Waals surface area contributed by atoms with Crippen LogP contribution in [0.15, 0.2) is 22.7 Å². The molecule has 1 aromatic rings. The summed E-state index contributed by atoms with van der Waals surface area (Å²) in [4.78, 5) is 0. The Kier molecular flexibility index (Phi) is 5.28. The van der Waals surface area contributed by atoms with Crippen LogP contribution in [0.3, 0.4) is 0 Å². The van der Waals surface area contributed by atoms with Gasteiger partial charge in [-0.05, 0) is 61.3 Å². The molecule has 3 atom stereocenters. The van der Waals surface area contributed by atoms with Crippen LogP contribution in [-0.2, 0) is 6.42 Å². The molecule has 0 aliphatic heterocycles. The molecule has 3 unspecified atom stereocenters. The molecule has 1 aliphatic carbocycles. The van der Waals surface area contributed by atoms with Gasteiger partial charge in [-0.15, -0.1) is 0 Å². The molecule has 0 amide bonds. The van der Waals surface area contributed by atoms with Crippen LogP contribution in [0.2, 0.25) is 0 Å². The van der Waals surface area contributed by atoms with Gasteiger partial charge in [-0.2, -0.15) is 0 Å². The van der Waals surface area contributed by atoms with Crippen molar-refractivity contribution in [1.29, 1.82) is 0 Å². The second kappa shape index (κ2) is 6.76. The summed E-state index contributed by atoms with van der Waals surface area (Å²) in [5, 5.41) is 0. The van der Waals surface area contributed by atoms with Crippen LogP contribution in [-0.4, -0.2) is 13.2 Å². The Labute approximate surface area is 124 Å². The van der Waals surface area contributed by atoms with Crippen molar-refractivity contribution in [3.63, 3.8) is 0 Å². The van der Waals surface area contributed by atoms with Crippen molar-refractivity contribution in [2.24, 2.45) is 17.6 Å². The number of hydrogen-bond donors (Lipinski definition) is 1. The second-order valence-electron chi connectivity index (χ2n) is 5.67. The van der Waals surface area contributed by atoms with Crippen LogP contribution in [0, 0.1) is 11.8 Å². The van der Waals surface area contributed by atoms with E-state index in [1.807, 2.05) is 12.1 Å². The van der Waals surface area contributed by atoms with Gasteiger partial charge in [0.2, 0.25) is 0 Å². The minimum atomic E-state index is 0.339. The third-order valence-corrected chi connectivity index (χ3v) is 4.94. The molecule has 0 bridgehead atoms. The van der Waals surface area contributed by atoms with Gasteiger partial charge in [0.15, 0.2) is 0 Å². The van der Waals surface area contributed by atoms with Crippen molar-refractivity contribution in [3.05, 3.63) is 28.2 Å². The van der Waals surface area contributed by atoms with Crippen LogP contribution in [0.1, 0.15) is 38.2 Å². The van der Waals surface area contributed by atoms with E-state index < -0.39 is 0 Å². The highest BCUT2D eigenvalue weighted by atomic mass is 79.9. The summed E-state index contributed by atoms with van der Waals surface area (Å²) < 4.78 is 6.58. The molecule has 0 aromatic heterocycles. The van der Waals surface area contributed by atoms with E-state index in [1.165, 1.54) is 31.2 Å². The Morgan fingerprint density at radius 1 is 1.37 bits per heavy atom. The van der Waals surface area contributed by atoms with Gasteiger partial charge in [0, 0.05) is 10.5 Å². The van der Waals surface area contributed by atoms with E-state index in [0.29, 0.717) is 12.0 Å². The Bertz CT molecular complexity index is 421. The Morgan fingerprint density at radius 3 is 2.84 bits per heavy atom. The molecule has 1 saturated carbocycles. The molecule has 1 aromatic carbocycles. The first-order valence-electron chi connectivity index (χ1n) is 7.22. The Morgan fingerprint density at radius 2 is 2.16 bits per heavy atom. The minimum Gasteiger partial charge on any atom is -0.496 e. The number of nitrogens with two attached hydrogens (primary N) is 1. The number of benzene rings is 1. The molecule has 0 saturated heterocycles. The van der Waals surface area contributed by atoms with E-state index in [-0.39, 0.29) is 0 Å². The molecule has 2 rings (SSSR count). The zero-order valence-corrected chi connectivity index (χ0v) is 13.4. The van der Waals surface area contributed by atoms with Crippen molar-refractivity contribution in [3.8, 4) is 5.75 Å². The first-order valence-corrected chi connectivity index (χ1v) is 8.01. The molecular formula is C16H24BrNO. The summed E-state index contributed by atoms with van der Waals surface area (Å²) in [6.07, 6.45) is 6.02. The second-order valence-corrected chi connectivity index (χ2v) is 6.59. The quantitative estimate of drug-likeness (QED) is 0.902. The van der Waals surface area contributed by atoms with E-state index in [2.05, 4.69) is 28.9 Å². The predicted octanol–water partition coefficient (Wildman–Crippen LogP) is 4.15. The number of rotatable bonds is 4. The van der Waals surface area contributed by atoms with Gasteiger partial charge in [0.25, 0.3) is 0 Å². The number of halogens is 1. The number of methoxy groups -OCH3 is 1. The van der Waals surface area contributed by atoms with Crippen LogP contribution in [0.5, 0.6) is 5.75 Å². The van der Waals surface area contributed by atoms with Crippen LogP contribution in [0.4, 0.5) is 0 Å². The average molecular weight is 326 g/mol. The molecule has 1 fully saturated rings. The standard InChI is InChI=1S/C16H24BrNO/c1-3-11-4-6-15(18)12(8-11)9-13-10-14(17)5-7-16(13)19-2/h5,7,10-12,15H,3-4,6,8-9,18H2,1-2H3. The van der Waals surface area contributed by atoms with Crippen LogP contribution >= 0.6 is 15.9 Å². The molecule has 106 valence electrons. The van der Waals surface area contributed by atoms with E-state index in [0.717, 1.165) is 22.6 Å². The van der Waals surface area contributed by atoms with Gasteiger partial charge >= 0.3 is 0 Å². The van der Waals surface area contributed by atoms with E-state index in [1.54, 1.807) is 7.11 Å². The summed E-state index contributed by atoms with van der Waals surface area (Å²) in [6.45, 7) is 2.29. The summed E-state index contributed by atoms with van der Waals surface area (Å²) in [5.74, 6) is 2.42. The first-order chi connectivity index (χ1) is 9.13. The highest BCUT2D eigenvalue weighted by Crippen LogP contribution is 2.35. The van der Waals surface area contributed by atoms with Gasteiger partial charge in [-0.1, -0.05) is 29.3 Å². The lowest BCUT2D eigenvalue weighted by Gasteiger charge is -2.34. The maximum absolute atomic E-state index is 6.32. The molecule has 2 N–H and O–H groups in total. The molecule has 0 spiro atoms. The normalized spacial score (nSPS) is 27.3. The predicted molar refractivity (Wildman–Crippen MR) is 83.5 cm³/mol. The van der Waals surface area contributed by atoms with E-state index in [4.69, 9.17) is 10.5 Å². The van der Waals surface area contributed by atoms with Gasteiger partial charge in [-0.3, -0.25) is 0 Å². The molecule has 2 nitrogen and oxygen atoms in total. The Balaban J connectivity index is 2.12. The lowest BCUT2D eigenvalue weighted by atomic mass is 9.75. The lowest BCUT2D eigenvalue weighted by molar-refractivity contribution is 0.225. The summed E-state index contributed by atoms with van der Waals surface area (Å²) in [7, 11) is 1.74. The molecule has 19 heavy (non-hydrogen) atoms. The largest absolute Gasteiger partial charge is 0.496 e. The molecular weight excluding hydrogens is 302 g/mol. The van der Waals surface area contributed by atoms with Gasteiger partial charge in [0.05, 0.1) is 7.11 Å². The van der Waals surface area contributed by atoms with Gasteiger partial charge < -0.3 is 10.5 Å². The van der Waals surface area contributed by atoms with Crippen molar-refractivity contribution < 1.29 is 4.74 Å². The van der Waals surface area contributed by atoms with Gasteiger partial charge in [-0.25, -0.2) is 0 Å². The fourth-order valence-electron chi connectivity index (χ4n) is 3.18. The van der Waals surface area contributed by atoms with Crippen LogP contribution < -0.4 is 10.5 Å². The van der Waals surface area contributed by atoms with Crippen molar-refractivity contribution in [2.45, 2.75) is 45.1 Å². The molecule has 0 heterocycles. The third-order valence-electron chi connectivity index (χ3n) is 4.45. The first kappa shape index (κ1) is 14.9. The molecule has 0 radical (unpaired) electrons. The van der Waals surface area contributed by atoms with E-state index >= 15 is 0 Å². The van der Waals surface area contributed by atoms with Crippen LogP contribution in [0.25, 0.3) is 0 Å². The Hall–Kier alpha value is -0.540. The fourth-order valence-corrected chi connectivity index (χ4v) is 3.59. The van der Waals surface area contributed by atoms with E-state index in [9.17, 15) is 0 Å². The number of hydrogen-bond acceptors (Lipinski definition) is 2. The highest BCUT2D eigenvalue weighted by molar-refractivity contribution is 9.10. The number of ether oxygens (including phenoxy) is 1. The van der Waals surface area contributed by atoms with Crippen molar-refractivity contribution in [1.82, 2.24) is 0 Å². The molecule has 1 aliphatic rings. The lowest BCUT2D eigenvalue weighted by Crippen LogP contribution is -2.37. The maximum atomic E-state index is 6.32. The SMILES string of the molecule is CCC1CCC(N)C(Cc2cc(Br)ccc2OC)C1. The third kappa shape index (κ3) is 3.73. The molecule has 3 heteroatoms. The minimum absolute atomic E-state index is 0.339. The zero-order valence-electron chi connectivity index (χ0n) is 11.9. The summed E-state index contributed by atoms with van der Waals surface area (Å²) in [6, 6.07) is 6.57. The zero-order chi connectivity index (χ0) is 13.8. The maximum Gasteiger partial charge on any atom is 0.122 e. The summed E-state index contributed by atoms with van der Waals surface area (Å²) >= 11 is 3.54. The van der Waals surface area contributed by atoms with Crippen molar-refractivity contribution >= 4 is 15.9 Å². The topological polar surface area (TPSA) is 35.2 Å². The smallest absolute Gasteiger partial charge is 0.122 e. The summed E-state index contributed by atoms with van der Waals surface area (Å²) in [5.41, 5.74) is 7.59.